The van der Waals surface area contributed by atoms with Crippen molar-refractivity contribution in [2.24, 2.45) is 0 Å². The van der Waals surface area contributed by atoms with E-state index in [1.807, 2.05) is 19.2 Å². The van der Waals surface area contributed by atoms with E-state index >= 15 is 0 Å². The Hall–Kier alpha value is -0.940. The van der Waals surface area contributed by atoms with Gasteiger partial charge in [0, 0.05) is 11.1 Å². The molecule has 0 aliphatic carbocycles. The molecule has 0 radical (unpaired) electrons. The van der Waals surface area contributed by atoms with Gasteiger partial charge >= 0.3 is 0 Å². The summed E-state index contributed by atoms with van der Waals surface area (Å²) in [6, 6.07) is -0.00268. The molecule has 1 aromatic heterocycles. The van der Waals surface area contributed by atoms with Crippen LogP contribution >= 0.6 is 11.3 Å². The molecule has 1 fully saturated rings. The SMILES string of the molecule is Cc1csc(C(C)NC(=O)[C@@H]2CCCN2)n1. The lowest BCUT2D eigenvalue weighted by molar-refractivity contribution is -0.123. The highest BCUT2D eigenvalue weighted by Crippen LogP contribution is 2.18. The average molecular weight is 239 g/mol. The maximum atomic E-state index is 11.8. The third kappa shape index (κ3) is 2.59. The summed E-state index contributed by atoms with van der Waals surface area (Å²) in [6.07, 6.45) is 2.03. The Balaban J connectivity index is 1.91. The maximum Gasteiger partial charge on any atom is 0.237 e. The predicted molar refractivity (Wildman–Crippen MR) is 64.4 cm³/mol. The predicted octanol–water partition coefficient (Wildman–Crippen LogP) is 1.38. The molecule has 1 saturated heterocycles. The van der Waals surface area contributed by atoms with Crippen LogP contribution in [0.3, 0.4) is 0 Å². The van der Waals surface area contributed by atoms with Crippen LogP contribution in [0.2, 0.25) is 0 Å². The highest BCUT2D eigenvalue weighted by molar-refractivity contribution is 7.09. The van der Waals surface area contributed by atoms with Gasteiger partial charge in [0.15, 0.2) is 0 Å². The zero-order valence-corrected chi connectivity index (χ0v) is 10.4. The van der Waals surface area contributed by atoms with Crippen LogP contribution in [0.15, 0.2) is 5.38 Å². The molecule has 0 spiro atoms. The Bertz CT molecular complexity index is 371. The molecule has 2 heterocycles. The number of hydrogen-bond donors (Lipinski definition) is 2. The first-order valence-electron chi connectivity index (χ1n) is 5.62. The first-order valence-corrected chi connectivity index (χ1v) is 6.50. The lowest BCUT2D eigenvalue weighted by atomic mass is 10.2. The second-order valence-corrected chi connectivity index (χ2v) is 5.10. The van der Waals surface area contributed by atoms with Crippen molar-refractivity contribution in [2.75, 3.05) is 6.54 Å². The summed E-state index contributed by atoms with van der Waals surface area (Å²) in [5.74, 6) is 0.0952. The Morgan fingerprint density at radius 3 is 3.12 bits per heavy atom. The van der Waals surface area contributed by atoms with Crippen LogP contribution in [-0.2, 0) is 4.79 Å². The zero-order valence-electron chi connectivity index (χ0n) is 9.62. The first kappa shape index (κ1) is 11.5. The number of carbonyl (C=O) groups excluding carboxylic acids is 1. The number of carbonyl (C=O) groups is 1. The number of nitrogens with one attached hydrogen (secondary N) is 2. The molecule has 0 aromatic carbocycles. The Labute approximate surface area is 99.5 Å². The number of nitrogens with zero attached hydrogens (tertiary/aromatic N) is 1. The number of aromatic nitrogens is 1. The fourth-order valence-electron chi connectivity index (χ4n) is 1.86. The van der Waals surface area contributed by atoms with Crippen LogP contribution in [0.1, 0.15) is 36.5 Å². The van der Waals surface area contributed by atoms with Crippen molar-refractivity contribution >= 4 is 17.2 Å². The normalized spacial score (nSPS) is 22.0. The quantitative estimate of drug-likeness (QED) is 0.838. The summed E-state index contributed by atoms with van der Waals surface area (Å²) in [7, 11) is 0. The summed E-state index contributed by atoms with van der Waals surface area (Å²) in [5, 5.41) is 9.17. The van der Waals surface area contributed by atoms with Crippen LogP contribution in [0, 0.1) is 6.92 Å². The summed E-state index contributed by atoms with van der Waals surface area (Å²) in [6.45, 7) is 4.89. The molecule has 0 saturated carbocycles. The van der Waals surface area contributed by atoms with Crippen molar-refractivity contribution in [3.63, 3.8) is 0 Å². The van der Waals surface area contributed by atoms with Gasteiger partial charge in [0.05, 0.1) is 12.1 Å². The number of rotatable bonds is 3. The van der Waals surface area contributed by atoms with E-state index in [1.165, 1.54) is 0 Å². The minimum atomic E-state index is -0.0106. The van der Waals surface area contributed by atoms with Gasteiger partial charge in [-0.05, 0) is 33.2 Å². The highest BCUT2D eigenvalue weighted by atomic mass is 32.1. The fraction of sp³-hybridized carbons (Fsp3) is 0.636. The molecule has 1 amide bonds. The van der Waals surface area contributed by atoms with Crippen LogP contribution < -0.4 is 10.6 Å². The zero-order chi connectivity index (χ0) is 11.5. The van der Waals surface area contributed by atoms with Crippen LogP contribution in [0.5, 0.6) is 0 Å². The van der Waals surface area contributed by atoms with E-state index in [0.717, 1.165) is 30.1 Å². The molecular formula is C11H17N3OS. The third-order valence-electron chi connectivity index (χ3n) is 2.74. The van der Waals surface area contributed by atoms with Gasteiger partial charge in [-0.1, -0.05) is 0 Å². The van der Waals surface area contributed by atoms with E-state index in [1.54, 1.807) is 11.3 Å². The van der Waals surface area contributed by atoms with Gasteiger partial charge in [-0.15, -0.1) is 11.3 Å². The van der Waals surface area contributed by atoms with Gasteiger partial charge in [-0.25, -0.2) is 4.98 Å². The van der Waals surface area contributed by atoms with E-state index in [4.69, 9.17) is 0 Å². The molecule has 4 nitrogen and oxygen atoms in total. The average Bonchev–Trinajstić information content (AvgIpc) is 2.87. The maximum absolute atomic E-state index is 11.8. The standard InChI is InChI=1S/C11H17N3OS/c1-7-6-16-11(13-7)8(2)14-10(15)9-4-3-5-12-9/h6,8-9,12H,3-5H2,1-2H3,(H,14,15)/t8?,9-/m0/s1. The Morgan fingerprint density at radius 1 is 1.75 bits per heavy atom. The number of hydrogen-bond acceptors (Lipinski definition) is 4. The molecule has 0 bridgehead atoms. The van der Waals surface area contributed by atoms with E-state index in [9.17, 15) is 4.79 Å². The van der Waals surface area contributed by atoms with Crippen molar-refractivity contribution in [1.82, 2.24) is 15.6 Å². The molecule has 16 heavy (non-hydrogen) atoms. The lowest BCUT2D eigenvalue weighted by Crippen LogP contribution is -2.41. The van der Waals surface area contributed by atoms with Crippen molar-refractivity contribution < 1.29 is 4.79 Å². The van der Waals surface area contributed by atoms with Gasteiger partial charge in [-0.3, -0.25) is 4.79 Å². The van der Waals surface area contributed by atoms with Crippen molar-refractivity contribution in [2.45, 2.75) is 38.8 Å². The van der Waals surface area contributed by atoms with Crippen LogP contribution in [0.4, 0.5) is 0 Å². The molecule has 1 aromatic rings. The second-order valence-electron chi connectivity index (χ2n) is 4.21. The monoisotopic (exact) mass is 239 g/mol. The highest BCUT2D eigenvalue weighted by Gasteiger charge is 2.23. The van der Waals surface area contributed by atoms with Crippen molar-refractivity contribution in [3.05, 3.63) is 16.1 Å². The van der Waals surface area contributed by atoms with E-state index in [-0.39, 0.29) is 18.0 Å². The molecule has 2 rings (SSSR count). The van der Waals surface area contributed by atoms with Gasteiger partial charge in [0.2, 0.25) is 5.91 Å². The molecule has 1 aliphatic heterocycles. The largest absolute Gasteiger partial charge is 0.346 e. The Kier molecular flexibility index (Phi) is 3.56. The van der Waals surface area contributed by atoms with E-state index in [2.05, 4.69) is 15.6 Å². The van der Waals surface area contributed by atoms with E-state index < -0.39 is 0 Å². The van der Waals surface area contributed by atoms with Crippen LogP contribution in [-0.4, -0.2) is 23.5 Å². The molecule has 2 atom stereocenters. The van der Waals surface area contributed by atoms with Gasteiger partial charge < -0.3 is 10.6 Å². The van der Waals surface area contributed by atoms with E-state index in [0.29, 0.717) is 0 Å². The third-order valence-corrected chi connectivity index (χ3v) is 3.89. The minimum absolute atomic E-state index is 0.00796. The molecular weight excluding hydrogens is 222 g/mol. The van der Waals surface area contributed by atoms with Gasteiger partial charge in [0.25, 0.3) is 0 Å². The van der Waals surface area contributed by atoms with Crippen molar-refractivity contribution in [3.8, 4) is 0 Å². The number of thiazole rings is 1. The molecule has 5 heteroatoms. The van der Waals surface area contributed by atoms with Crippen LogP contribution in [0.25, 0.3) is 0 Å². The number of aryl methyl sites for hydroxylation is 1. The summed E-state index contributed by atoms with van der Waals surface area (Å²) < 4.78 is 0. The summed E-state index contributed by atoms with van der Waals surface area (Å²) in [5.41, 5.74) is 1.01. The lowest BCUT2D eigenvalue weighted by Gasteiger charge is -2.15. The molecule has 2 N–H and O–H groups in total. The minimum Gasteiger partial charge on any atom is -0.346 e. The Morgan fingerprint density at radius 2 is 2.56 bits per heavy atom. The molecule has 1 unspecified atom stereocenters. The first-order chi connectivity index (χ1) is 7.66. The van der Waals surface area contributed by atoms with Crippen molar-refractivity contribution in [1.29, 1.82) is 0 Å². The molecule has 88 valence electrons. The smallest absolute Gasteiger partial charge is 0.237 e. The summed E-state index contributed by atoms with van der Waals surface area (Å²) >= 11 is 1.60. The summed E-state index contributed by atoms with van der Waals surface area (Å²) in [4.78, 5) is 16.2. The number of amides is 1. The fourth-order valence-corrected chi connectivity index (χ4v) is 2.66. The second kappa shape index (κ2) is 4.93. The van der Waals surface area contributed by atoms with Gasteiger partial charge in [0.1, 0.15) is 5.01 Å². The topological polar surface area (TPSA) is 54.0 Å². The van der Waals surface area contributed by atoms with Gasteiger partial charge in [-0.2, -0.15) is 0 Å². The molecule has 1 aliphatic rings.